The van der Waals surface area contributed by atoms with Gasteiger partial charge in [-0.25, -0.2) is 9.59 Å². The molecule has 0 aliphatic carbocycles. The van der Waals surface area contributed by atoms with Crippen LogP contribution in [0.2, 0.25) is 0 Å². The van der Waals surface area contributed by atoms with Crippen molar-refractivity contribution in [1.29, 1.82) is 0 Å². The smallest absolute Gasteiger partial charge is 0.330 e. The standard InChI is InChI=1S/C9H13NO3/c1-13-9(12)6-8-2-4-10(7-11)5-3-8/h6-7H,2-5H2,1H3/p+1. The lowest BCUT2D eigenvalue weighted by Gasteiger charge is -2.19. The van der Waals surface area contributed by atoms with Gasteiger partial charge in [0, 0.05) is 18.9 Å². The molecule has 0 aromatic carbocycles. The molecule has 4 heteroatoms. The molecule has 13 heavy (non-hydrogen) atoms. The van der Waals surface area contributed by atoms with E-state index in [4.69, 9.17) is 0 Å². The van der Waals surface area contributed by atoms with Crippen LogP contribution < -0.4 is 4.90 Å². The SMILES string of the molecule is COC(=O)C=C1CC[NH+](C=O)CC1. The summed E-state index contributed by atoms with van der Waals surface area (Å²) in [6.07, 6.45) is 4.07. The van der Waals surface area contributed by atoms with E-state index in [9.17, 15) is 9.59 Å². The first-order chi connectivity index (χ1) is 6.26. The molecule has 0 aromatic rings. The number of carbonyl (C=O) groups is 2. The van der Waals surface area contributed by atoms with E-state index in [-0.39, 0.29) is 5.97 Å². The Balaban J connectivity index is 2.44. The fourth-order valence-corrected chi connectivity index (χ4v) is 1.38. The number of likely N-dealkylation sites (tertiary alicyclic amines) is 1. The number of piperidine rings is 1. The quantitative estimate of drug-likeness (QED) is 0.337. The molecule has 0 unspecified atom stereocenters. The number of amides is 1. The van der Waals surface area contributed by atoms with E-state index in [0.29, 0.717) is 0 Å². The third-order valence-corrected chi connectivity index (χ3v) is 2.22. The number of quaternary nitrogens is 1. The van der Waals surface area contributed by atoms with Crippen LogP contribution in [0.1, 0.15) is 12.8 Å². The van der Waals surface area contributed by atoms with E-state index in [0.717, 1.165) is 42.8 Å². The van der Waals surface area contributed by atoms with E-state index in [2.05, 4.69) is 4.74 Å². The molecule has 0 spiro atoms. The Labute approximate surface area is 77.2 Å². The molecule has 0 atom stereocenters. The Morgan fingerprint density at radius 3 is 2.54 bits per heavy atom. The normalized spacial score (nSPS) is 22.2. The fourth-order valence-electron chi connectivity index (χ4n) is 1.38. The molecule has 1 amide bonds. The van der Waals surface area contributed by atoms with Crippen molar-refractivity contribution >= 4 is 12.4 Å². The van der Waals surface area contributed by atoms with Gasteiger partial charge < -0.3 is 4.74 Å². The van der Waals surface area contributed by atoms with Crippen molar-refractivity contribution in [2.45, 2.75) is 12.8 Å². The van der Waals surface area contributed by atoms with Crippen molar-refractivity contribution < 1.29 is 19.2 Å². The lowest BCUT2D eigenvalue weighted by atomic mass is 10.0. The monoisotopic (exact) mass is 184 g/mol. The number of carbonyl (C=O) groups excluding carboxylic acids is 2. The van der Waals surface area contributed by atoms with Crippen LogP contribution in [0.3, 0.4) is 0 Å². The van der Waals surface area contributed by atoms with Crippen molar-refractivity contribution in [2.24, 2.45) is 0 Å². The van der Waals surface area contributed by atoms with Crippen molar-refractivity contribution in [3.05, 3.63) is 11.6 Å². The molecule has 4 nitrogen and oxygen atoms in total. The maximum atomic E-state index is 10.9. The average molecular weight is 184 g/mol. The minimum absolute atomic E-state index is 0.301. The lowest BCUT2D eigenvalue weighted by molar-refractivity contribution is -0.813. The molecule has 1 heterocycles. The highest BCUT2D eigenvalue weighted by Gasteiger charge is 2.16. The van der Waals surface area contributed by atoms with Crippen LogP contribution in [0.15, 0.2) is 11.6 Å². The molecule has 1 aliphatic heterocycles. The van der Waals surface area contributed by atoms with Gasteiger partial charge in [0.15, 0.2) is 0 Å². The van der Waals surface area contributed by atoms with Gasteiger partial charge in [0.25, 0.3) is 6.41 Å². The van der Waals surface area contributed by atoms with E-state index in [1.807, 2.05) is 0 Å². The molecule has 1 N–H and O–H groups in total. The van der Waals surface area contributed by atoms with Crippen LogP contribution in [-0.2, 0) is 14.3 Å². The first kappa shape index (κ1) is 9.92. The van der Waals surface area contributed by atoms with E-state index in [1.165, 1.54) is 13.2 Å². The number of ether oxygens (including phenoxy) is 1. The third-order valence-electron chi connectivity index (χ3n) is 2.22. The third kappa shape index (κ3) is 2.99. The molecule has 0 aromatic heterocycles. The molecule has 1 rings (SSSR count). The van der Waals surface area contributed by atoms with E-state index in [1.54, 1.807) is 0 Å². The molecule has 1 fully saturated rings. The van der Waals surface area contributed by atoms with Gasteiger partial charge in [0.05, 0.1) is 20.2 Å². The summed E-state index contributed by atoms with van der Waals surface area (Å²) in [6, 6.07) is 0. The maximum absolute atomic E-state index is 10.9. The van der Waals surface area contributed by atoms with Gasteiger partial charge in [-0.3, -0.25) is 4.90 Å². The first-order valence-corrected chi connectivity index (χ1v) is 4.33. The maximum Gasteiger partial charge on any atom is 0.330 e. The Bertz CT molecular complexity index is 225. The molecule has 1 saturated heterocycles. The number of esters is 1. The van der Waals surface area contributed by atoms with Gasteiger partial charge in [0.2, 0.25) is 0 Å². The number of rotatable bonds is 2. The van der Waals surface area contributed by atoms with Gasteiger partial charge in [0.1, 0.15) is 0 Å². The Morgan fingerprint density at radius 1 is 1.46 bits per heavy atom. The largest absolute Gasteiger partial charge is 0.466 e. The summed E-state index contributed by atoms with van der Waals surface area (Å²) in [6.45, 7) is 1.57. The van der Waals surface area contributed by atoms with Crippen LogP contribution in [-0.4, -0.2) is 32.6 Å². The molecule has 0 saturated carbocycles. The average Bonchev–Trinajstić information content (AvgIpc) is 2.19. The second kappa shape index (κ2) is 4.77. The van der Waals surface area contributed by atoms with Crippen LogP contribution in [0.4, 0.5) is 0 Å². The second-order valence-electron chi connectivity index (χ2n) is 3.10. The summed E-state index contributed by atoms with van der Waals surface area (Å²) in [7, 11) is 1.37. The molecule has 1 aliphatic rings. The summed E-state index contributed by atoms with van der Waals surface area (Å²) in [5, 5.41) is 0. The van der Waals surface area contributed by atoms with Crippen LogP contribution >= 0.6 is 0 Å². The van der Waals surface area contributed by atoms with E-state index >= 15 is 0 Å². The Kier molecular flexibility index (Phi) is 3.64. The Hall–Kier alpha value is -1.16. The second-order valence-corrected chi connectivity index (χ2v) is 3.10. The zero-order chi connectivity index (χ0) is 9.68. The zero-order valence-corrected chi connectivity index (χ0v) is 7.71. The zero-order valence-electron chi connectivity index (χ0n) is 7.71. The van der Waals surface area contributed by atoms with Crippen molar-refractivity contribution in [1.82, 2.24) is 0 Å². The summed E-state index contributed by atoms with van der Waals surface area (Å²) >= 11 is 0. The van der Waals surface area contributed by atoms with Gasteiger partial charge in [-0.1, -0.05) is 5.57 Å². The molecule has 0 radical (unpaired) electrons. The predicted molar refractivity (Wildman–Crippen MR) is 46.1 cm³/mol. The highest BCUT2D eigenvalue weighted by atomic mass is 16.5. The lowest BCUT2D eigenvalue weighted by Crippen LogP contribution is -3.11. The minimum atomic E-state index is -0.301. The number of methoxy groups -OCH3 is 1. The summed E-state index contributed by atoms with van der Waals surface area (Å²) in [5.41, 5.74) is 1.08. The van der Waals surface area contributed by atoms with Crippen molar-refractivity contribution in [2.75, 3.05) is 20.2 Å². The number of hydrogen-bond donors (Lipinski definition) is 1. The summed E-state index contributed by atoms with van der Waals surface area (Å²) < 4.78 is 4.51. The van der Waals surface area contributed by atoms with Crippen LogP contribution in [0.5, 0.6) is 0 Å². The molecule has 72 valence electrons. The molecular weight excluding hydrogens is 170 g/mol. The number of hydrogen-bond acceptors (Lipinski definition) is 3. The van der Waals surface area contributed by atoms with Gasteiger partial charge in [-0.05, 0) is 0 Å². The highest BCUT2D eigenvalue weighted by Crippen LogP contribution is 2.07. The summed E-state index contributed by atoms with van der Waals surface area (Å²) in [5.74, 6) is -0.301. The molecular formula is C9H14NO3+. The van der Waals surface area contributed by atoms with Crippen molar-refractivity contribution in [3.8, 4) is 0 Å². The van der Waals surface area contributed by atoms with Crippen LogP contribution in [0, 0.1) is 0 Å². The predicted octanol–water partition coefficient (Wildman–Crippen LogP) is -1.08. The van der Waals surface area contributed by atoms with Gasteiger partial charge in [-0.15, -0.1) is 0 Å². The minimum Gasteiger partial charge on any atom is -0.466 e. The van der Waals surface area contributed by atoms with Gasteiger partial charge >= 0.3 is 5.97 Å². The van der Waals surface area contributed by atoms with E-state index < -0.39 is 0 Å². The topological polar surface area (TPSA) is 47.8 Å². The van der Waals surface area contributed by atoms with Gasteiger partial charge in [-0.2, -0.15) is 0 Å². The fraction of sp³-hybridized carbons (Fsp3) is 0.556. The summed E-state index contributed by atoms with van der Waals surface area (Å²) in [4.78, 5) is 22.2. The Morgan fingerprint density at radius 2 is 2.08 bits per heavy atom. The van der Waals surface area contributed by atoms with Crippen LogP contribution in [0.25, 0.3) is 0 Å². The number of nitrogens with one attached hydrogen (secondary N) is 1. The van der Waals surface area contributed by atoms with Crippen molar-refractivity contribution in [3.63, 3.8) is 0 Å². The first-order valence-electron chi connectivity index (χ1n) is 4.33. The molecule has 0 bridgehead atoms. The highest BCUT2D eigenvalue weighted by molar-refractivity contribution is 5.82.